The van der Waals surface area contributed by atoms with E-state index in [1.54, 1.807) is 6.07 Å². The lowest BCUT2D eigenvalue weighted by molar-refractivity contribution is 0.100. The number of carbonyl (C=O) groups is 1. The summed E-state index contributed by atoms with van der Waals surface area (Å²) in [6.45, 7) is 8.68. The van der Waals surface area contributed by atoms with E-state index in [1.807, 2.05) is 24.3 Å². The highest BCUT2D eigenvalue weighted by Crippen LogP contribution is 2.28. The molecule has 29 heavy (non-hydrogen) atoms. The zero-order chi connectivity index (χ0) is 20.6. The monoisotopic (exact) mass is 412 g/mol. The van der Waals surface area contributed by atoms with Crippen LogP contribution in [-0.4, -0.2) is 47.2 Å². The average Bonchev–Trinajstić information content (AvgIpc) is 3.39. The van der Waals surface area contributed by atoms with Gasteiger partial charge in [0.25, 0.3) is 5.91 Å². The van der Waals surface area contributed by atoms with Gasteiger partial charge in [0, 0.05) is 24.0 Å². The second kappa shape index (κ2) is 10.1. The van der Waals surface area contributed by atoms with Crippen LogP contribution in [0, 0.1) is 0 Å². The molecule has 0 aliphatic carbocycles. The minimum absolute atomic E-state index is 0.420. The molecule has 0 spiro atoms. The highest BCUT2D eigenvalue weighted by molar-refractivity contribution is 7.17. The van der Waals surface area contributed by atoms with E-state index in [0.717, 1.165) is 60.4 Å². The maximum absolute atomic E-state index is 11.2. The van der Waals surface area contributed by atoms with Crippen molar-refractivity contribution in [2.75, 3.05) is 36.8 Å². The fourth-order valence-corrected chi connectivity index (χ4v) is 3.84. The van der Waals surface area contributed by atoms with Crippen LogP contribution >= 0.6 is 11.3 Å². The lowest BCUT2D eigenvalue weighted by atomic mass is 10.2. The first kappa shape index (κ1) is 20.9. The van der Waals surface area contributed by atoms with Crippen molar-refractivity contribution in [3.8, 4) is 10.6 Å². The molecule has 0 radical (unpaired) electrons. The van der Waals surface area contributed by atoms with Gasteiger partial charge in [-0.1, -0.05) is 13.8 Å². The normalized spacial score (nSPS) is 11.0. The first-order valence-electron chi connectivity index (χ1n) is 9.87. The Labute approximate surface area is 175 Å². The van der Waals surface area contributed by atoms with Crippen LogP contribution in [0.4, 0.5) is 17.2 Å². The van der Waals surface area contributed by atoms with Crippen molar-refractivity contribution < 1.29 is 4.79 Å². The van der Waals surface area contributed by atoms with Gasteiger partial charge in [-0.15, -0.1) is 11.3 Å². The molecule has 154 valence electrons. The van der Waals surface area contributed by atoms with Gasteiger partial charge in [-0.05, 0) is 62.5 Å². The van der Waals surface area contributed by atoms with E-state index in [1.165, 1.54) is 11.3 Å². The Hall–Kier alpha value is -2.84. The summed E-state index contributed by atoms with van der Waals surface area (Å²) in [6.07, 6.45) is 1.12. The smallest absolute Gasteiger partial charge is 0.258 e. The Morgan fingerprint density at radius 3 is 2.52 bits per heavy atom. The third kappa shape index (κ3) is 5.82. The van der Waals surface area contributed by atoms with Crippen molar-refractivity contribution in [2.45, 2.75) is 20.3 Å². The molecule has 0 saturated carbocycles. The van der Waals surface area contributed by atoms with Gasteiger partial charge in [0.05, 0.1) is 9.75 Å². The van der Waals surface area contributed by atoms with E-state index in [4.69, 9.17) is 5.73 Å². The van der Waals surface area contributed by atoms with Gasteiger partial charge in [0.15, 0.2) is 0 Å². The molecule has 0 atom stereocenters. The van der Waals surface area contributed by atoms with E-state index in [2.05, 4.69) is 51.7 Å². The topological polar surface area (TPSA) is 99.1 Å². The van der Waals surface area contributed by atoms with Crippen molar-refractivity contribution in [3.63, 3.8) is 0 Å². The lowest BCUT2D eigenvalue weighted by Crippen LogP contribution is -2.25. The number of carbonyl (C=O) groups excluding carboxylic acids is 1. The molecule has 0 bridgehead atoms. The predicted molar refractivity (Wildman–Crippen MR) is 121 cm³/mol. The maximum atomic E-state index is 11.2. The summed E-state index contributed by atoms with van der Waals surface area (Å²) in [4.78, 5) is 15.1. The number of nitrogens with zero attached hydrogens (tertiary/aromatic N) is 2. The number of primary amides is 1. The Balaban J connectivity index is 1.51. The van der Waals surface area contributed by atoms with E-state index in [-0.39, 0.29) is 0 Å². The van der Waals surface area contributed by atoms with Gasteiger partial charge in [-0.25, -0.2) is 0 Å². The molecule has 3 rings (SSSR count). The molecular formula is C21H28N6OS. The Morgan fingerprint density at radius 1 is 1.14 bits per heavy atom. The van der Waals surface area contributed by atoms with Crippen molar-refractivity contribution >= 4 is 34.4 Å². The van der Waals surface area contributed by atoms with E-state index < -0.39 is 5.91 Å². The Bertz CT molecular complexity index is 913. The van der Waals surface area contributed by atoms with Crippen LogP contribution in [0.1, 0.15) is 29.9 Å². The molecule has 0 fully saturated rings. The first-order chi connectivity index (χ1) is 14.1. The van der Waals surface area contributed by atoms with Crippen LogP contribution in [0.2, 0.25) is 0 Å². The molecule has 0 unspecified atom stereocenters. The third-order valence-corrected chi connectivity index (χ3v) is 5.84. The lowest BCUT2D eigenvalue weighted by Gasteiger charge is -2.18. The zero-order valence-corrected chi connectivity index (χ0v) is 17.7. The minimum Gasteiger partial charge on any atom is -0.385 e. The molecule has 2 aromatic heterocycles. The van der Waals surface area contributed by atoms with Crippen LogP contribution in [0.25, 0.3) is 10.6 Å². The van der Waals surface area contributed by atoms with Crippen molar-refractivity contribution in [1.82, 2.24) is 15.1 Å². The first-order valence-corrected chi connectivity index (χ1v) is 10.7. The Morgan fingerprint density at radius 2 is 1.86 bits per heavy atom. The number of hydrogen-bond donors (Lipinski definition) is 4. The van der Waals surface area contributed by atoms with E-state index >= 15 is 0 Å². The molecule has 1 aromatic carbocycles. The van der Waals surface area contributed by atoms with Gasteiger partial charge in [-0.2, -0.15) is 5.10 Å². The standard InChI is InChI=1S/C21H28N6OS/c1-3-27(4-2)13-5-12-23-15-6-8-16(9-7-15)24-20-14-17(25-26-20)18-10-11-19(29-18)21(22)28/h6-11,14,23H,3-5,12-13H2,1-2H3,(H2,22,28)(H2,24,25,26). The molecule has 3 aromatic rings. The molecule has 0 aliphatic rings. The van der Waals surface area contributed by atoms with Gasteiger partial charge in [0.2, 0.25) is 0 Å². The number of anilines is 3. The molecule has 2 heterocycles. The summed E-state index contributed by atoms with van der Waals surface area (Å²) in [7, 11) is 0. The SMILES string of the molecule is CCN(CC)CCCNc1ccc(Nc2cc(-c3ccc(C(N)=O)s3)n[nH]2)cc1. The summed E-state index contributed by atoms with van der Waals surface area (Å²) in [6, 6.07) is 13.7. The second-order valence-corrected chi connectivity index (χ2v) is 7.79. The number of hydrogen-bond acceptors (Lipinski definition) is 6. The fourth-order valence-electron chi connectivity index (χ4n) is 3.02. The van der Waals surface area contributed by atoms with Crippen LogP contribution in [0.5, 0.6) is 0 Å². The largest absolute Gasteiger partial charge is 0.385 e. The third-order valence-electron chi connectivity index (χ3n) is 4.72. The number of aromatic amines is 1. The number of aromatic nitrogens is 2. The number of amides is 1. The van der Waals surface area contributed by atoms with E-state index in [9.17, 15) is 4.79 Å². The van der Waals surface area contributed by atoms with Gasteiger partial charge >= 0.3 is 0 Å². The van der Waals surface area contributed by atoms with Gasteiger partial charge < -0.3 is 21.3 Å². The molecule has 0 saturated heterocycles. The Kier molecular flexibility index (Phi) is 7.26. The molecular weight excluding hydrogens is 384 g/mol. The van der Waals surface area contributed by atoms with Crippen LogP contribution in [0.3, 0.4) is 0 Å². The molecule has 1 amide bonds. The zero-order valence-electron chi connectivity index (χ0n) is 16.9. The summed E-state index contributed by atoms with van der Waals surface area (Å²) in [5.74, 6) is 0.367. The highest BCUT2D eigenvalue weighted by atomic mass is 32.1. The molecule has 8 heteroatoms. The minimum atomic E-state index is -0.420. The number of thiophene rings is 1. The molecule has 5 N–H and O–H groups in total. The number of H-pyrrole nitrogens is 1. The van der Waals surface area contributed by atoms with E-state index in [0.29, 0.717) is 4.88 Å². The van der Waals surface area contributed by atoms with Crippen LogP contribution < -0.4 is 16.4 Å². The van der Waals surface area contributed by atoms with Crippen LogP contribution in [-0.2, 0) is 0 Å². The predicted octanol–water partition coefficient (Wildman–Crippen LogP) is 4.12. The maximum Gasteiger partial charge on any atom is 0.258 e. The number of nitrogens with two attached hydrogens (primary N) is 1. The van der Waals surface area contributed by atoms with Crippen molar-refractivity contribution in [2.24, 2.45) is 5.73 Å². The van der Waals surface area contributed by atoms with Crippen molar-refractivity contribution in [1.29, 1.82) is 0 Å². The van der Waals surface area contributed by atoms with Crippen molar-refractivity contribution in [3.05, 3.63) is 47.3 Å². The number of nitrogens with one attached hydrogen (secondary N) is 3. The summed E-state index contributed by atoms with van der Waals surface area (Å²) in [5.41, 5.74) is 8.17. The van der Waals surface area contributed by atoms with Crippen LogP contribution in [0.15, 0.2) is 42.5 Å². The second-order valence-electron chi connectivity index (χ2n) is 6.70. The van der Waals surface area contributed by atoms with Gasteiger partial charge in [-0.3, -0.25) is 9.89 Å². The summed E-state index contributed by atoms with van der Waals surface area (Å²) < 4.78 is 0. The fraction of sp³-hybridized carbons (Fsp3) is 0.333. The number of benzene rings is 1. The molecule has 0 aliphatic heterocycles. The van der Waals surface area contributed by atoms with Gasteiger partial charge in [0.1, 0.15) is 11.5 Å². The quantitative estimate of drug-likeness (QED) is 0.355. The summed E-state index contributed by atoms with van der Waals surface area (Å²) >= 11 is 1.33. The number of rotatable bonds is 11. The highest BCUT2D eigenvalue weighted by Gasteiger charge is 2.10. The average molecular weight is 413 g/mol. The molecule has 7 nitrogen and oxygen atoms in total. The summed E-state index contributed by atoms with van der Waals surface area (Å²) in [5, 5.41) is 14.1.